The van der Waals surface area contributed by atoms with Crippen molar-refractivity contribution < 1.29 is 50.1 Å². The maximum absolute atomic E-state index is 13.3. The van der Waals surface area contributed by atoms with Gasteiger partial charge in [-0.2, -0.15) is 25.4 Å². The molecule has 320 valence electrons. The van der Waals surface area contributed by atoms with Crippen molar-refractivity contribution in [1.82, 2.24) is 8.61 Å². The molecule has 5 rings (SSSR count). The number of methoxy groups -OCH3 is 3. The van der Waals surface area contributed by atoms with Gasteiger partial charge in [-0.3, -0.25) is 14.3 Å². The van der Waals surface area contributed by atoms with E-state index >= 15 is 0 Å². The first-order valence-electron chi connectivity index (χ1n) is 19.7. The number of piperidine rings is 2. The lowest BCUT2D eigenvalue weighted by atomic mass is 10.1. The van der Waals surface area contributed by atoms with E-state index in [1.165, 1.54) is 48.9 Å². The van der Waals surface area contributed by atoms with Crippen LogP contribution >= 0.6 is 0 Å². The monoisotopic (exact) mass is 846 g/mol. The zero-order valence-corrected chi connectivity index (χ0v) is 35.3. The van der Waals surface area contributed by atoms with E-state index in [2.05, 4.69) is 29.0 Å². The number of nitrogens with two attached hydrogens (primary N) is 1. The van der Waals surface area contributed by atoms with Crippen molar-refractivity contribution in [1.29, 1.82) is 0 Å². The Hall–Kier alpha value is -4.42. The first kappa shape index (κ1) is 46.3. The highest BCUT2D eigenvalue weighted by Crippen LogP contribution is 2.40. The quantitative estimate of drug-likeness (QED) is 0.116. The zero-order chi connectivity index (χ0) is 42.0. The second kappa shape index (κ2) is 23.2. The standard InChI is InChI=1S/C25H34N2O7S.C16H24N2O4S/c1-31-22-17-20(18-23(32-2)24(22)33-3)26-35(29,30)27-15-9-7-14-21(27)25(28)34-16-10-8-13-19-11-5-4-6-12-19;17-23(20,21)18-12-6-4-11-15(18)16(19)22-13-7-5-10-14-8-2-1-3-9-14/h4-6,11-12,17-18,21,26H,7-10,13-16H2,1-3H3;1-3,8-9,15H,4-7,10-13H2,(H2,17,20,21)/t21-;15-/m00/s1. The summed E-state index contributed by atoms with van der Waals surface area (Å²) in [6, 6.07) is 21.6. The third-order valence-corrected chi connectivity index (χ3v) is 12.5. The van der Waals surface area contributed by atoms with Crippen molar-refractivity contribution in [3.63, 3.8) is 0 Å². The van der Waals surface area contributed by atoms with Crippen LogP contribution in [0, 0.1) is 0 Å². The Labute approximate surface area is 343 Å². The third kappa shape index (κ3) is 14.1. The van der Waals surface area contributed by atoms with Crippen molar-refractivity contribution in [3.05, 3.63) is 83.9 Å². The molecule has 2 aliphatic heterocycles. The molecule has 2 fully saturated rings. The molecule has 17 heteroatoms. The van der Waals surface area contributed by atoms with E-state index in [0.717, 1.165) is 55.7 Å². The highest BCUT2D eigenvalue weighted by molar-refractivity contribution is 7.90. The third-order valence-electron chi connectivity index (χ3n) is 9.89. The number of aryl methyl sites for hydroxylation is 2. The van der Waals surface area contributed by atoms with Gasteiger partial charge in [-0.05, 0) is 88.2 Å². The van der Waals surface area contributed by atoms with Gasteiger partial charge in [0.05, 0.1) is 40.2 Å². The molecule has 0 unspecified atom stereocenters. The van der Waals surface area contributed by atoms with Gasteiger partial charge in [0.25, 0.3) is 10.2 Å². The fourth-order valence-electron chi connectivity index (χ4n) is 6.91. The Morgan fingerprint density at radius 2 is 1.10 bits per heavy atom. The van der Waals surface area contributed by atoms with Crippen molar-refractivity contribution in [3.8, 4) is 17.2 Å². The van der Waals surface area contributed by atoms with Crippen molar-refractivity contribution >= 4 is 38.0 Å². The highest BCUT2D eigenvalue weighted by atomic mass is 32.2. The van der Waals surface area contributed by atoms with Gasteiger partial charge in [0.15, 0.2) is 11.5 Å². The van der Waals surface area contributed by atoms with Crippen LogP contribution in [0.3, 0.4) is 0 Å². The summed E-state index contributed by atoms with van der Waals surface area (Å²) in [5.41, 5.74) is 2.73. The molecule has 0 aromatic heterocycles. The summed E-state index contributed by atoms with van der Waals surface area (Å²) in [6.45, 7) is 1.08. The van der Waals surface area contributed by atoms with Crippen LogP contribution in [0.1, 0.15) is 75.3 Å². The minimum absolute atomic E-state index is 0.230. The predicted molar refractivity (Wildman–Crippen MR) is 221 cm³/mol. The molecule has 0 saturated carbocycles. The second-order valence-corrected chi connectivity index (χ2v) is 17.2. The van der Waals surface area contributed by atoms with E-state index in [4.69, 9.17) is 28.8 Å². The smallest absolute Gasteiger partial charge is 0.324 e. The number of hydrogen-bond donors (Lipinski definition) is 2. The second-order valence-electron chi connectivity index (χ2n) is 14.0. The number of nitrogens with one attached hydrogen (secondary N) is 1. The van der Waals surface area contributed by atoms with Crippen LogP contribution in [-0.2, 0) is 52.3 Å². The summed E-state index contributed by atoms with van der Waals surface area (Å²) in [7, 11) is -3.53. The number of ether oxygens (including phenoxy) is 5. The average molecular weight is 847 g/mol. The number of carbonyl (C=O) groups is 2. The molecule has 3 aromatic carbocycles. The van der Waals surface area contributed by atoms with Gasteiger partial charge in [0, 0.05) is 25.2 Å². The molecule has 0 aliphatic carbocycles. The summed E-state index contributed by atoms with van der Waals surface area (Å²) in [5, 5.41) is 5.17. The molecule has 2 saturated heterocycles. The number of esters is 2. The van der Waals surface area contributed by atoms with Crippen LogP contribution in [0.4, 0.5) is 5.69 Å². The summed E-state index contributed by atoms with van der Waals surface area (Å²) < 4.78 is 81.0. The lowest BCUT2D eigenvalue weighted by Crippen LogP contribution is -2.51. The number of unbranched alkanes of at least 4 members (excludes halogenated alkanes) is 2. The number of hydrogen-bond acceptors (Lipinski definition) is 11. The molecule has 2 heterocycles. The summed E-state index contributed by atoms with van der Waals surface area (Å²) in [4.78, 5) is 24.9. The van der Waals surface area contributed by atoms with Gasteiger partial charge >= 0.3 is 22.1 Å². The van der Waals surface area contributed by atoms with E-state index in [-0.39, 0.29) is 25.4 Å². The van der Waals surface area contributed by atoms with E-state index in [0.29, 0.717) is 49.5 Å². The molecule has 15 nitrogen and oxygen atoms in total. The summed E-state index contributed by atoms with van der Waals surface area (Å²) in [6.07, 6.45) is 8.93. The minimum Gasteiger partial charge on any atom is -0.493 e. The van der Waals surface area contributed by atoms with Crippen LogP contribution in [0.25, 0.3) is 0 Å². The Morgan fingerprint density at radius 3 is 1.53 bits per heavy atom. The molecule has 0 amide bonds. The fraction of sp³-hybridized carbons (Fsp3) is 0.512. The Morgan fingerprint density at radius 1 is 0.655 bits per heavy atom. The van der Waals surface area contributed by atoms with Gasteiger partial charge < -0.3 is 23.7 Å². The maximum atomic E-state index is 13.3. The van der Waals surface area contributed by atoms with Crippen LogP contribution in [0.2, 0.25) is 0 Å². The zero-order valence-electron chi connectivity index (χ0n) is 33.7. The van der Waals surface area contributed by atoms with Gasteiger partial charge in [-0.1, -0.05) is 60.7 Å². The molecule has 0 radical (unpaired) electrons. The van der Waals surface area contributed by atoms with Crippen molar-refractivity contribution in [2.75, 3.05) is 52.4 Å². The molecular formula is C41H58N4O11S2. The molecule has 3 N–H and O–H groups in total. The summed E-state index contributed by atoms with van der Waals surface area (Å²) in [5.74, 6) is -0.0212. The maximum Gasteiger partial charge on any atom is 0.324 e. The van der Waals surface area contributed by atoms with Crippen LogP contribution in [0.15, 0.2) is 72.8 Å². The Balaban J connectivity index is 0.000000280. The molecular weight excluding hydrogens is 789 g/mol. The summed E-state index contributed by atoms with van der Waals surface area (Å²) >= 11 is 0. The number of benzene rings is 3. The fourth-order valence-corrected chi connectivity index (χ4v) is 9.27. The lowest BCUT2D eigenvalue weighted by molar-refractivity contribution is -0.150. The van der Waals surface area contributed by atoms with Crippen LogP contribution in [0.5, 0.6) is 17.2 Å². The molecule has 58 heavy (non-hydrogen) atoms. The van der Waals surface area contributed by atoms with E-state index in [9.17, 15) is 26.4 Å². The first-order valence-corrected chi connectivity index (χ1v) is 22.6. The normalized spacial score (nSPS) is 17.6. The topological polar surface area (TPSA) is 193 Å². The van der Waals surface area contributed by atoms with Gasteiger partial charge in [-0.15, -0.1) is 0 Å². The molecule has 0 bridgehead atoms. The first-order chi connectivity index (χ1) is 27.9. The van der Waals surface area contributed by atoms with Crippen LogP contribution in [-0.4, -0.2) is 97.1 Å². The number of rotatable bonds is 19. The lowest BCUT2D eigenvalue weighted by Gasteiger charge is -2.33. The van der Waals surface area contributed by atoms with Crippen molar-refractivity contribution in [2.45, 2.75) is 89.1 Å². The molecule has 3 aromatic rings. The minimum atomic E-state index is -4.04. The van der Waals surface area contributed by atoms with Gasteiger partial charge in [0.2, 0.25) is 5.75 Å². The molecule has 2 atom stereocenters. The predicted octanol–water partition coefficient (Wildman–Crippen LogP) is 5.40. The molecule has 0 spiro atoms. The highest BCUT2D eigenvalue weighted by Gasteiger charge is 2.38. The van der Waals surface area contributed by atoms with Crippen molar-refractivity contribution in [2.24, 2.45) is 5.14 Å². The van der Waals surface area contributed by atoms with E-state index in [1.807, 2.05) is 36.4 Å². The average Bonchev–Trinajstić information content (AvgIpc) is 3.23. The molecule has 2 aliphatic rings. The van der Waals surface area contributed by atoms with Gasteiger partial charge in [0.1, 0.15) is 12.1 Å². The number of carbonyl (C=O) groups excluding carboxylic acids is 2. The Kier molecular flexibility index (Phi) is 18.5. The van der Waals surface area contributed by atoms with E-state index < -0.39 is 44.4 Å². The number of anilines is 1. The van der Waals surface area contributed by atoms with Crippen LogP contribution < -0.4 is 24.1 Å². The van der Waals surface area contributed by atoms with E-state index in [1.54, 1.807) is 0 Å². The Bertz CT molecular complexity index is 1930. The largest absolute Gasteiger partial charge is 0.493 e. The number of nitrogens with zero attached hydrogens (tertiary/aromatic N) is 2. The van der Waals surface area contributed by atoms with Gasteiger partial charge in [-0.25, -0.2) is 5.14 Å². The SMILES string of the molecule is COc1cc(NS(=O)(=O)N2CCCC[C@H]2C(=O)OCCCCc2ccccc2)cc(OC)c1OC.NS(=O)(=O)N1CCCC[C@H]1C(=O)OCCCCc1ccccc1.